The minimum atomic E-state index is -0.792. The van der Waals surface area contributed by atoms with Gasteiger partial charge in [0.2, 0.25) is 0 Å². The van der Waals surface area contributed by atoms with Crippen LogP contribution in [-0.2, 0) is 5.41 Å². The van der Waals surface area contributed by atoms with Crippen LogP contribution < -0.4 is 4.74 Å². The van der Waals surface area contributed by atoms with E-state index in [1.807, 2.05) is 30.3 Å². The molecular weight excluding hydrogens is 365 g/mol. The number of ether oxygens (including phenoxy) is 1. The highest BCUT2D eigenvalue weighted by Crippen LogP contribution is 2.74. The molecule has 1 fully saturated rings. The van der Waals surface area contributed by atoms with E-state index < -0.39 is 4.33 Å². The van der Waals surface area contributed by atoms with Crippen LogP contribution in [0.25, 0.3) is 0 Å². The molecule has 0 radical (unpaired) electrons. The normalized spacial score (nSPS) is 23.8. The van der Waals surface area contributed by atoms with Gasteiger partial charge in [-0.2, -0.15) is 0 Å². The minimum Gasteiger partial charge on any atom is -0.492 e. The Balaban J connectivity index is 1.68. The van der Waals surface area contributed by atoms with Gasteiger partial charge in [-0.15, -0.1) is 0 Å². The van der Waals surface area contributed by atoms with Gasteiger partial charge in [0.05, 0.1) is 0 Å². The van der Waals surface area contributed by atoms with E-state index in [0.29, 0.717) is 6.61 Å². The Kier molecular flexibility index (Phi) is 5.86. The number of nitrogens with zero attached hydrogens (tertiary/aromatic N) is 1. The highest BCUT2D eigenvalue weighted by molar-refractivity contribution is 6.53. The van der Waals surface area contributed by atoms with Crippen LogP contribution in [0.15, 0.2) is 54.6 Å². The van der Waals surface area contributed by atoms with Gasteiger partial charge >= 0.3 is 0 Å². The van der Waals surface area contributed by atoms with Crippen molar-refractivity contribution in [1.29, 1.82) is 0 Å². The first-order chi connectivity index (χ1) is 12.4. The topological polar surface area (TPSA) is 12.5 Å². The Morgan fingerprint density at radius 2 is 1.58 bits per heavy atom. The lowest BCUT2D eigenvalue weighted by Crippen LogP contribution is -2.27. The van der Waals surface area contributed by atoms with Gasteiger partial charge in [-0.3, -0.25) is 0 Å². The summed E-state index contributed by atoms with van der Waals surface area (Å²) in [5.41, 5.74) is 2.03. The monoisotopic (exact) mass is 391 g/mol. The van der Waals surface area contributed by atoms with Crippen LogP contribution in [0.3, 0.4) is 0 Å². The Morgan fingerprint density at radius 1 is 0.962 bits per heavy atom. The van der Waals surface area contributed by atoms with Gasteiger partial charge < -0.3 is 9.64 Å². The molecule has 0 heterocycles. The van der Waals surface area contributed by atoms with Gasteiger partial charge in [-0.05, 0) is 36.3 Å². The molecule has 1 aliphatic rings. The fourth-order valence-electron chi connectivity index (χ4n) is 3.81. The third kappa shape index (κ3) is 3.47. The molecule has 2 unspecified atom stereocenters. The van der Waals surface area contributed by atoms with E-state index in [1.54, 1.807) is 0 Å². The van der Waals surface area contributed by atoms with Crippen molar-refractivity contribution in [3.05, 3.63) is 65.7 Å². The van der Waals surface area contributed by atoms with E-state index in [0.717, 1.165) is 30.9 Å². The number of rotatable bonds is 8. The minimum absolute atomic E-state index is 0.0916. The van der Waals surface area contributed by atoms with E-state index in [4.69, 9.17) is 27.9 Å². The Bertz CT molecular complexity index is 713. The number of hydrogen-bond donors (Lipinski definition) is 0. The second-order valence-electron chi connectivity index (χ2n) is 7.07. The highest BCUT2D eigenvalue weighted by Gasteiger charge is 2.74. The molecule has 0 bridgehead atoms. The van der Waals surface area contributed by atoms with Crippen molar-refractivity contribution in [3.63, 3.8) is 0 Å². The lowest BCUT2D eigenvalue weighted by atomic mass is 9.93. The molecule has 0 spiro atoms. The molecule has 0 N–H and O–H groups in total. The molecule has 0 amide bonds. The first-order valence-corrected chi connectivity index (χ1v) is 10.1. The quantitative estimate of drug-likeness (QED) is 0.540. The summed E-state index contributed by atoms with van der Waals surface area (Å²) in [7, 11) is 0. The van der Waals surface area contributed by atoms with Crippen molar-refractivity contribution in [2.75, 3.05) is 26.2 Å². The summed E-state index contributed by atoms with van der Waals surface area (Å²) in [6.45, 7) is 10.2. The highest BCUT2D eigenvalue weighted by atomic mass is 35.5. The van der Waals surface area contributed by atoms with Gasteiger partial charge in [0.25, 0.3) is 0 Å². The van der Waals surface area contributed by atoms with Gasteiger partial charge in [-0.1, -0.05) is 86.4 Å². The summed E-state index contributed by atoms with van der Waals surface area (Å²) in [6, 6.07) is 18.5. The number of likely N-dealkylation sites (N-methyl/N-ethyl adjacent to an activating group) is 1. The maximum atomic E-state index is 6.70. The first-order valence-electron chi connectivity index (χ1n) is 9.33. The number of alkyl halides is 2. The summed E-state index contributed by atoms with van der Waals surface area (Å²) in [5.74, 6) is 0.977. The number of hydrogen-bond acceptors (Lipinski definition) is 2. The van der Waals surface area contributed by atoms with Crippen LogP contribution in [0.4, 0.5) is 0 Å². The summed E-state index contributed by atoms with van der Waals surface area (Å²) in [5, 5.41) is 0. The van der Waals surface area contributed by atoms with Crippen molar-refractivity contribution in [1.82, 2.24) is 4.90 Å². The van der Waals surface area contributed by atoms with Crippen molar-refractivity contribution in [2.24, 2.45) is 0 Å². The fourth-order valence-corrected chi connectivity index (χ4v) is 4.82. The molecule has 26 heavy (non-hydrogen) atoms. The molecule has 0 saturated heterocycles. The predicted molar refractivity (Wildman–Crippen MR) is 111 cm³/mol. The Labute approximate surface area is 167 Å². The molecule has 2 atom stereocenters. The molecule has 2 aromatic carbocycles. The standard InChI is InChI=1S/C22H27Cl2NO/c1-4-25(5-2)15-16-26-19-13-11-18(12-14-19)21(3)20(22(21,23)24)17-9-7-6-8-10-17/h6-14,20H,4-5,15-16H2,1-3H3. The summed E-state index contributed by atoms with van der Waals surface area (Å²) < 4.78 is 5.09. The van der Waals surface area contributed by atoms with Crippen LogP contribution >= 0.6 is 23.2 Å². The third-order valence-electron chi connectivity index (χ3n) is 5.71. The smallest absolute Gasteiger partial charge is 0.136 e. The molecule has 2 aromatic rings. The van der Waals surface area contributed by atoms with Crippen LogP contribution in [-0.4, -0.2) is 35.5 Å². The Hall–Kier alpha value is -1.22. The molecule has 0 aromatic heterocycles. The second-order valence-corrected chi connectivity index (χ2v) is 8.45. The van der Waals surface area contributed by atoms with Crippen molar-refractivity contribution in [3.8, 4) is 5.75 Å². The molecule has 0 aliphatic heterocycles. The number of halogens is 2. The van der Waals surface area contributed by atoms with Crippen molar-refractivity contribution < 1.29 is 4.74 Å². The summed E-state index contributed by atoms with van der Waals surface area (Å²) in [4.78, 5) is 2.35. The fraction of sp³-hybridized carbons (Fsp3) is 0.455. The first kappa shape index (κ1) is 19.5. The van der Waals surface area contributed by atoms with E-state index >= 15 is 0 Å². The van der Waals surface area contributed by atoms with Gasteiger partial charge in [-0.25, -0.2) is 0 Å². The molecule has 1 saturated carbocycles. The van der Waals surface area contributed by atoms with Crippen molar-refractivity contribution >= 4 is 23.2 Å². The average Bonchev–Trinajstić information content (AvgIpc) is 3.13. The molecule has 1 aliphatic carbocycles. The van der Waals surface area contributed by atoms with E-state index in [1.165, 1.54) is 5.56 Å². The van der Waals surface area contributed by atoms with Crippen LogP contribution in [0.1, 0.15) is 37.8 Å². The van der Waals surface area contributed by atoms with Gasteiger partial charge in [0.1, 0.15) is 16.7 Å². The zero-order chi connectivity index (χ0) is 18.8. The lowest BCUT2D eigenvalue weighted by Gasteiger charge is -2.18. The van der Waals surface area contributed by atoms with Crippen LogP contribution in [0.5, 0.6) is 5.75 Å². The maximum absolute atomic E-state index is 6.70. The second kappa shape index (κ2) is 7.80. The van der Waals surface area contributed by atoms with E-state index in [9.17, 15) is 0 Å². The SMILES string of the molecule is CCN(CC)CCOc1ccc(C2(C)C(c3ccccc3)C2(Cl)Cl)cc1. The van der Waals surface area contributed by atoms with E-state index in [2.05, 4.69) is 49.9 Å². The molecular formula is C22H27Cl2NO. The summed E-state index contributed by atoms with van der Waals surface area (Å²) >= 11 is 13.4. The average molecular weight is 392 g/mol. The third-order valence-corrected chi connectivity index (χ3v) is 6.93. The number of benzene rings is 2. The zero-order valence-electron chi connectivity index (χ0n) is 15.7. The largest absolute Gasteiger partial charge is 0.492 e. The van der Waals surface area contributed by atoms with Crippen molar-refractivity contribution in [2.45, 2.75) is 36.4 Å². The Morgan fingerprint density at radius 3 is 2.15 bits per heavy atom. The van der Waals surface area contributed by atoms with E-state index in [-0.39, 0.29) is 11.3 Å². The summed E-state index contributed by atoms with van der Waals surface area (Å²) in [6.07, 6.45) is 0. The predicted octanol–water partition coefficient (Wildman–Crippen LogP) is 5.64. The molecule has 4 heteroatoms. The van der Waals surface area contributed by atoms with Crippen LogP contribution in [0, 0.1) is 0 Å². The van der Waals surface area contributed by atoms with Gasteiger partial charge in [0.15, 0.2) is 0 Å². The zero-order valence-corrected chi connectivity index (χ0v) is 17.2. The van der Waals surface area contributed by atoms with Gasteiger partial charge in [0, 0.05) is 17.9 Å². The molecule has 140 valence electrons. The lowest BCUT2D eigenvalue weighted by molar-refractivity contribution is 0.223. The molecule has 3 rings (SSSR count). The van der Waals surface area contributed by atoms with Crippen LogP contribution in [0.2, 0.25) is 0 Å². The molecule has 2 nitrogen and oxygen atoms in total. The maximum Gasteiger partial charge on any atom is 0.136 e.